The van der Waals surface area contributed by atoms with Crippen LogP contribution < -0.4 is 37.2 Å². The second kappa shape index (κ2) is 25.4. The van der Waals surface area contributed by atoms with E-state index >= 15 is 0 Å². The summed E-state index contributed by atoms with van der Waals surface area (Å²) in [6, 6.07) is 17.6. The van der Waals surface area contributed by atoms with E-state index in [0.29, 0.717) is 0 Å². The molecular weight excluding hydrogens is 725 g/mol. The number of aryl methyl sites for hydroxylation is 5. The molecule has 233 valence electrons. The molecule has 0 aliphatic heterocycles. The van der Waals surface area contributed by atoms with Crippen molar-refractivity contribution in [1.82, 2.24) is 4.98 Å². The van der Waals surface area contributed by atoms with Crippen LogP contribution in [0.1, 0.15) is 118 Å². The van der Waals surface area contributed by atoms with Crippen molar-refractivity contribution in [1.29, 1.82) is 0 Å². The summed E-state index contributed by atoms with van der Waals surface area (Å²) in [5.41, 5.74) is 10.6. The number of hydrogen-bond donors (Lipinski definition) is 0. The van der Waals surface area contributed by atoms with Crippen LogP contribution in [0, 0.1) is 47.8 Å². The maximum Gasteiger partial charge on any atom is 3.00 e. The van der Waals surface area contributed by atoms with Crippen molar-refractivity contribution in [2.24, 2.45) is 9.98 Å². The average molecular weight is 774 g/mol. The molecule has 0 saturated carbocycles. The minimum Gasteiger partial charge on any atom is -1.00 e. The molecule has 0 saturated heterocycles. The van der Waals surface area contributed by atoms with Gasteiger partial charge >= 0.3 is 40.8 Å². The monoisotopic (exact) mass is 770 g/mol. The zero-order valence-electron chi connectivity index (χ0n) is 26.7. The van der Waals surface area contributed by atoms with Gasteiger partial charge in [0.25, 0.3) is 0 Å². The fourth-order valence-electron chi connectivity index (χ4n) is 5.01. The quantitative estimate of drug-likeness (QED) is 0.203. The van der Waals surface area contributed by atoms with Gasteiger partial charge in [0.15, 0.2) is 0 Å². The Balaban J connectivity index is 0. The maximum absolute atomic E-state index is 5.05. The molecule has 1 aromatic heterocycles. The molecule has 0 aliphatic rings. The summed E-state index contributed by atoms with van der Waals surface area (Å²) >= 11 is 0. The molecule has 0 atom stereocenters. The SMILES string of the molecule is CCCCc1cccc(CCCC)c1N=Cc1cc(C)cc(C=Nc2c(CCCC)cccc2CCCC)n1.[Cl-].[Cl-].[Cl-].[Nd+3]. The molecule has 0 bridgehead atoms. The number of pyridine rings is 1. The summed E-state index contributed by atoms with van der Waals surface area (Å²) < 4.78 is 0. The van der Waals surface area contributed by atoms with Gasteiger partial charge in [0.1, 0.15) is 0 Å². The van der Waals surface area contributed by atoms with Gasteiger partial charge in [-0.2, -0.15) is 0 Å². The van der Waals surface area contributed by atoms with E-state index in [9.17, 15) is 0 Å². The third-order valence-electron chi connectivity index (χ3n) is 7.27. The van der Waals surface area contributed by atoms with Crippen LogP contribution in [0.15, 0.2) is 58.5 Å². The van der Waals surface area contributed by atoms with Crippen LogP contribution in [-0.4, -0.2) is 17.4 Å². The molecule has 3 rings (SSSR count). The number of unbranched alkanes of at least 4 members (excludes halogenated alkanes) is 4. The Kier molecular flexibility index (Phi) is 26.1. The predicted octanol–water partition coefficient (Wildman–Crippen LogP) is 1.27. The van der Waals surface area contributed by atoms with E-state index in [4.69, 9.17) is 15.0 Å². The zero-order valence-corrected chi connectivity index (χ0v) is 32.2. The van der Waals surface area contributed by atoms with Gasteiger partial charge in [-0.1, -0.05) is 89.8 Å². The number of hydrogen-bond acceptors (Lipinski definition) is 3. The van der Waals surface area contributed by atoms with Crippen molar-refractivity contribution in [3.63, 3.8) is 0 Å². The molecule has 7 heteroatoms. The van der Waals surface area contributed by atoms with Crippen LogP contribution >= 0.6 is 0 Å². The van der Waals surface area contributed by atoms with E-state index < -0.39 is 0 Å². The van der Waals surface area contributed by atoms with Crippen LogP contribution in [0.5, 0.6) is 0 Å². The van der Waals surface area contributed by atoms with Gasteiger partial charge in [0, 0.05) is 0 Å². The van der Waals surface area contributed by atoms with E-state index in [2.05, 4.69) is 83.1 Å². The van der Waals surface area contributed by atoms with Gasteiger partial charge in [-0.15, -0.1) is 0 Å². The minimum atomic E-state index is 0. The Hall–Kier alpha value is -0.849. The number of para-hydroxylation sites is 2. The molecule has 0 fully saturated rings. The van der Waals surface area contributed by atoms with Gasteiger partial charge in [0.2, 0.25) is 0 Å². The van der Waals surface area contributed by atoms with Crippen LogP contribution in [-0.2, 0) is 25.7 Å². The fraction of sp³-hybridized carbons (Fsp3) is 0.472. The van der Waals surface area contributed by atoms with Crippen LogP contribution in [0.4, 0.5) is 11.4 Å². The summed E-state index contributed by atoms with van der Waals surface area (Å²) in [4.78, 5) is 15.0. The second-order valence-electron chi connectivity index (χ2n) is 10.8. The molecule has 1 radical (unpaired) electrons. The molecule has 0 unspecified atom stereocenters. The molecule has 0 aliphatic carbocycles. The third-order valence-corrected chi connectivity index (χ3v) is 7.27. The van der Waals surface area contributed by atoms with Crippen LogP contribution in [0.2, 0.25) is 0 Å². The Morgan fingerprint density at radius 2 is 0.860 bits per heavy atom. The normalized spacial score (nSPS) is 10.6. The van der Waals surface area contributed by atoms with Gasteiger partial charge in [-0.05, 0) is 98.2 Å². The molecule has 1 heterocycles. The number of nitrogens with zero attached hydrogens (tertiary/aromatic N) is 3. The van der Waals surface area contributed by atoms with E-state index in [1.54, 1.807) is 0 Å². The van der Waals surface area contributed by atoms with E-state index in [1.165, 1.54) is 79.2 Å². The summed E-state index contributed by atoms with van der Waals surface area (Å²) in [6.45, 7) is 11.1. The molecule has 3 nitrogen and oxygen atoms in total. The topological polar surface area (TPSA) is 37.6 Å². The summed E-state index contributed by atoms with van der Waals surface area (Å²) in [5.74, 6) is 0. The first-order valence-electron chi connectivity index (χ1n) is 15.4. The van der Waals surface area contributed by atoms with E-state index in [1.807, 2.05) is 12.4 Å². The first-order chi connectivity index (χ1) is 19.1. The number of rotatable bonds is 16. The van der Waals surface area contributed by atoms with Gasteiger partial charge < -0.3 is 37.2 Å². The molecule has 43 heavy (non-hydrogen) atoms. The van der Waals surface area contributed by atoms with Crippen LogP contribution in [0.3, 0.4) is 0 Å². The Morgan fingerprint density at radius 3 is 1.14 bits per heavy atom. The number of aliphatic imine (C=N–C) groups is 2. The van der Waals surface area contributed by atoms with E-state index in [-0.39, 0.29) is 78.1 Å². The third kappa shape index (κ3) is 14.9. The number of aromatic nitrogens is 1. The predicted molar refractivity (Wildman–Crippen MR) is 171 cm³/mol. The van der Waals surface area contributed by atoms with Gasteiger partial charge in [0.05, 0.1) is 35.2 Å². The molecule has 0 spiro atoms. The Bertz CT molecular complexity index is 1100. The Morgan fingerprint density at radius 1 is 0.558 bits per heavy atom. The number of halogens is 3. The molecule has 3 aromatic rings. The van der Waals surface area contributed by atoms with E-state index in [0.717, 1.165) is 48.4 Å². The molecule has 0 amide bonds. The summed E-state index contributed by atoms with van der Waals surface area (Å²) in [6.07, 6.45) is 17.7. The zero-order chi connectivity index (χ0) is 27.9. The van der Waals surface area contributed by atoms with Gasteiger partial charge in [-0.25, -0.2) is 4.98 Å². The van der Waals surface area contributed by atoms with Crippen molar-refractivity contribution in [3.05, 3.63) is 87.7 Å². The van der Waals surface area contributed by atoms with Crippen molar-refractivity contribution in [2.75, 3.05) is 0 Å². The molecule has 2 aromatic carbocycles. The van der Waals surface area contributed by atoms with Crippen molar-refractivity contribution in [2.45, 2.75) is 112 Å². The largest absolute Gasteiger partial charge is 3.00 e. The first kappa shape index (κ1) is 44.3. The standard InChI is InChI=1S/C36H49N3.3ClH.Nd/c1-6-10-16-29-20-14-21-30(17-11-7-2)35(29)37-26-33-24-28(5)25-34(39-33)27-38-36-31(18-12-8-3)22-15-23-32(36)19-13-9-4;;;;/h14-15,20-27H,6-13,16-19H2,1-5H3;3*1H;/q;;;;+3/p-3. The first-order valence-corrected chi connectivity index (χ1v) is 15.4. The summed E-state index contributed by atoms with van der Waals surface area (Å²) in [5, 5.41) is 0. The smallest absolute Gasteiger partial charge is 1.00 e. The summed E-state index contributed by atoms with van der Waals surface area (Å²) in [7, 11) is 0. The number of benzene rings is 2. The fourth-order valence-corrected chi connectivity index (χ4v) is 5.01. The minimum absolute atomic E-state index is 0. The second-order valence-corrected chi connectivity index (χ2v) is 10.8. The van der Waals surface area contributed by atoms with Crippen molar-refractivity contribution < 1.29 is 78.1 Å². The van der Waals surface area contributed by atoms with Crippen LogP contribution in [0.25, 0.3) is 0 Å². The Labute approximate surface area is 313 Å². The maximum atomic E-state index is 5.05. The van der Waals surface area contributed by atoms with Gasteiger partial charge in [-0.3, -0.25) is 9.98 Å². The van der Waals surface area contributed by atoms with Crippen molar-refractivity contribution >= 4 is 23.8 Å². The van der Waals surface area contributed by atoms with Crippen molar-refractivity contribution in [3.8, 4) is 0 Å². The molecule has 0 N–H and O–H groups in total. The molecular formula is C36H49Cl3N3Nd. The average Bonchev–Trinajstić information content (AvgIpc) is 2.95.